The summed E-state index contributed by atoms with van der Waals surface area (Å²) in [5, 5.41) is 14.5. The fourth-order valence-electron chi connectivity index (χ4n) is 3.99. The van der Waals surface area contributed by atoms with E-state index in [0.717, 1.165) is 51.1 Å². The van der Waals surface area contributed by atoms with Crippen LogP contribution in [0.2, 0.25) is 0 Å². The monoisotopic (exact) mass is 429 g/mol. The van der Waals surface area contributed by atoms with E-state index in [4.69, 9.17) is 15.3 Å². The third kappa shape index (κ3) is 2.72. The maximum absolute atomic E-state index is 4.85. The number of aromatic nitrogens is 9. The first-order valence-corrected chi connectivity index (χ1v) is 10.4. The van der Waals surface area contributed by atoms with Crippen LogP contribution in [0.15, 0.2) is 91.4 Å². The fraction of sp³-hybridized carbons (Fsp3) is 0. The van der Waals surface area contributed by atoms with Crippen molar-refractivity contribution in [1.29, 1.82) is 0 Å². The van der Waals surface area contributed by atoms with Crippen LogP contribution in [0.3, 0.4) is 0 Å². The summed E-state index contributed by atoms with van der Waals surface area (Å²) >= 11 is 0. The van der Waals surface area contributed by atoms with Crippen LogP contribution < -0.4 is 0 Å². The third-order valence-electron chi connectivity index (χ3n) is 5.50. The van der Waals surface area contributed by atoms with E-state index in [9.17, 15) is 0 Å². The van der Waals surface area contributed by atoms with Crippen LogP contribution in [-0.2, 0) is 0 Å². The Bertz CT molecular complexity index is 1440. The normalized spacial score (nSPS) is 11.6. The quantitative estimate of drug-likeness (QED) is 0.424. The molecule has 9 heteroatoms. The van der Waals surface area contributed by atoms with Crippen LogP contribution in [0.25, 0.3) is 51.1 Å². The van der Waals surface area contributed by atoms with Crippen molar-refractivity contribution in [1.82, 2.24) is 43.8 Å². The van der Waals surface area contributed by atoms with E-state index in [-0.39, 0.29) is 0 Å². The third-order valence-corrected chi connectivity index (χ3v) is 5.50. The van der Waals surface area contributed by atoms with Gasteiger partial charge in [-0.2, -0.15) is 28.8 Å². The standard InChI is InChI=1S/C24H15N9/c1-4-10-25-16(7-1)19-13-22-31(28-19)23-14-20(17-8-2-5-11-26-17)30-33(23)24-15-21(29-32(22)24)18-9-3-6-12-27-18/h1-15H. The average molecular weight is 429 g/mol. The van der Waals surface area contributed by atoms with Gasteiger partial charge in [0.05, 0.1) is 17.1 Å². The van der Waals surface area contributed by atoms with Crippen LogP contribution >= 0.6 is 0 Å². The number of hydrogen-bond donors (Lipinski definition) is 0. The largest absolute Gasteiger partial charge is 0.255 e. The van der Waals surface area contributed by atoms with Crippen molar-refractivity contribution in [3.05, 3.63) is 91.4 Å². The zero-order chi connectivity index (χ0) is 21.8. The molecule has 0 spiro atoms. The van der Waals surface area contributed by atoms with Gasteiger partial charge in [-0.15, -0.1) is 0 Å². The van der Waals surface area contributed by atoms with Gasteiger partial charge in [-0.1, -0.05) is 18.2 Å². The first kappa shape index (κ1) is 17.7. The summed E-state index contributed by atoms with van der Waals surface area (Å²) in [4.78, 5) is 13.4. The summed E-state index contributed by atoms with van der Waals surface area (Å²) in [5.41, 5.74) is 7.01. The Morgan fingerprint density at radius 2 is 0.727 bits per heavy atom. The van der Waals surface area contributed by atoms with Crippen molar-refractivity contribution in [2.45, 2.75) is 0 Å². The number of pyridine rings is 3. The molecular weight excluding hydrogens is 414 g/mol. The van der Waals surface area contributed by atoms with Gasteiger partial charge in [-0.25, -0.2) is 0 Å². The van der Waals surface area contributed by atoms with Crippen molar-refractivity contribution in [3.8, 4) is 34.2 Å². The second-order valence-electron chi connectivity index (χ2n) is 7.54. The van der Waals surface area contributed by atoms with E-state index in [1.54, 1.807) is 18.6 Å². The highest BCUT2D eigenvalue weighted by Crippen LogP contribution is 2.26. The molecule has 0 aliphatic carbocycles. The predicted molar refractivity (Wildman–Crippen MR) is 122 cm³/mol. The molecule has 7 heterocycles. The van der Waals surface area contributed by atoms with Crippen molar-refractivity contribution in [3.63, 3.8) is 0 Å². The van der Waals surface area contributed by atoms with Gasteiger partial charge in [0.1, 0.15) is 17.1 Å². The highest BCUT2D eigenvalue weighted by atomic mass is 15.4. The van der Waals surface area contributed by atoms with Crippen molar-refractivity contribution < 1.29 is 0 Å². The smallest absolute Gasteiger partial charge is 0.162 e. The molecule has 0 unspecified atom stereocenters. The molecule has 0 aliphatic heterocycles. The lowest BCUT2D eigenvalue weighted by Crippen LogP contribution is -2.04. The number of fused-ring (bicyclic) bond motifs is 6. The zero-order valence-corrected chi connectivity index (χ0v) is 17.2. The lowest BCUT2D eigenvalue weighted by molar-refractivity contribution is 0.830. The van der Waals surface area contributed by atoms with Gasteiger partial charge in [0.25, 0.3) is 0 Å². The molecule has 0 bridgehead atoms. The van der Waals surface area contributed by atoms with Crippen molar-refractivity contribution in [2.24, 2.45) is 0 Å². The Labute approximate surface area is 186 Å². The molecule has 7 rings (SSSR count). The van der Waals surface area contributed by atoms with Gasteiger partial charge in [-0.05, 0) is 36.4 Å². The maximum Gasteiger partial charge on any atom is 0.162 e. The second kappa shape index (κ2) is 6.79. The Morgan fingerprint density at radius 3 is 1.00 bits per heavy atom. The van der Waals surface area contributed by atoms with Gasteiger partial charge in [0.15, 0.2) is 16.9 Å². The molecule has 33 heavy (non-hydrogen) atoms. The zero-order valence-electron chi connectivity index (χ0n) is 17.2. The van der Waals surface area contributed by atoms with Gasteiger partial charge >= 0.3 is 0 Å². The first-order valence-electron chi connectivity index (χ1n) is 10.4. The summed E-state index contributed by atoms with van der Waals surface area (Å²) in [6, 6.07) is 23.3. The van der Waals surface area contributed by atoms with Crippen LogP contribution in [0.1, 0.15) is 0 Å². The average Bonchev–Trinajstić information content (AvgIpc) is 3.62. The molecule has 0 N–H and O–H groups in total. The van der Waals surface area contributed by atoms with Gasteiger partial charge in [0, 0.05) is 36.8 Å². The molecule has 0 aliphatic rings. The summed E-state index contributed by atoms with van der Waals surface area (Å²) in [6.45, 7) is 0. The van der Waals surface area contributed by atoms with E-state index in [2.05, 4.69) is 15.0 Å². The molecular formula is C24H15N9. The molecule has 7 aromatic heterocycles. The van der Waals surface area contributed by atoms with Crippen LogP contribution in [0.5, 0.6) is 0 Å². The second-order valence-corrected chi connectivity index (χ2v) is 7.54. The summed E-state index contributed by atoms with van der Waals surface area (Å²) in [6.07, 6.45) is 5.28. The van der Waals surface area contributed by atoms with Crippen molar-refractivity contribution >= 4 is 16.9 Å². The highest BCUT2D eigenvalue weighted by Gasteiger charge is 2.19. The fourth-order valence-corrected chi connectivity index (χ4v) is 3.99. The van der Waals surface area contributed by atoms with Crippen molar-refractivity contribution in [2.75, 3.05) is 0 Å². The van der Waals surface area contributed by atoms with E-state index in [1.807, 2.05) is 86.3 Å². The van der Waals surface area contributed by atoms with E-state index >= 15 is 0 Å². The van der Waals surface area contributed by atoms with E-state index in [0.29, 0.717) is 0 Å². The molecule has 0 fully saturated rings. The highest BCUT2D eigenvalue weighted by molar-refractivity contribution is 5.72. The lowest BCUT2D eigenvalue weighted by atomic mass is 10.3. The first-order chi connectivity index (χ1) is 16.3. The molecule has 0 saturated carbocycles. The van der Waals surface area contributed by atoms with Crippen LogP contribution in [-0.4, -0.2) is 43.8 Å². The Morgan fingerprint density at radius 1 is 0.394 bits per heavy atom. The van der Waals surface area contributed by atoms with Crippen LogP contribution in [0.4, 0.5) is 0 Å². The molecule has 0 atom stereocenters. The molecule has 0 aromatic carbocycles. The number of nitrogens with zero attached hydrogens (tertiary/aromatic N) is 9. The maximum atomic E-state index is 4.85. The topological polar surface area (TPSA) is 90.6 Å². The van der Waals surface area contributed by atoms with Gasteiger partial charge in [-0.3, -0.25) is 15.0 Å². The summed E-state index contributed by atoms with van der Waals surface area (Å²) in [7, 11) is 0. The molecule has 0 amide bonds. The predicted octanol–water partition coefficient (Wildman–Crippen LogP) is 3.82. The minimum absolute atomic E-state index is 0.750. The number of hydrogen-bond acceptors (Lipinski definition) is 6. The molecule has 9 nitrogen and oxygen atoms in total. The van der Waals surface area contributed by atoms with E-state index < -0.39 is 0 Å². The Balaban J connectivity index is 1.57. The molecule has 0 saturated heterocycles. The minimum atomic E-state index is 0.750. The SMILES string of the molecule is c1ccc(-c2cc3n(n2)c2cc(-c4ccccn4)nn2c2cc(-c4ccccn4)nn32)nc1. The molecule has 7 aromatic rings. The lowest BCUT2D eigenvalue weighted by Gasteiger charge is -2.01. The minimum Gasteiger partial charge on any atom is -0.255 e. The summed E-state index contributed by atoms with van der Waals surface area (Å²) < 4.78 is 5.52. The Hall–Kier alpha value is -4.92. The molecule has 156 valence electrons. The Kier molecular flexibility index (Phi) is 3.65. The number of rotatable bonds is 3. The van der Waals surface area contributed by atoms with Crippen LogP contribution in [0, 0.1) is 0 Å². The van der Waals surface area contributed by atoms with Gasteiger partial charge < -0.3 is 0 Å². The van der Waals surface area contributed by atoms with E-state index in [1.165, 1.54) is 0 Å². The molecule has 0 radical (unpaired) electrons. The summed E-state index contributed by atoms with van der Waals surface area (Å²) in [5.74, 6) is 0. The van der Waals surface area contributed by atoms with Gasteiger partial charge in [0.2, 0.25) is 0 Å².